The number of imidazole rings is 1. The third-order valence-electron chi connectivity index (χ3n) is 4.43. The van der Waals surface area contributed by atoms with Crippen LogP contribution in [0.3, 0.4) is 0 Å². The number of H-pyrrole nitrogens is 1. The van der Waals surface area contributed by atoms with Gasteiger partial charge in [0, 0.05) is 39.3 Å². The third kappa shape index (κ3) is 8.04. The number of halogens is 1. The summed E-state index contributed by atoms with van der Waals surface area (Å²) in [5.41, 5.74) is 2.13. The second-order valence-corrected chi connectivity index (χ2v) is 6.86. The molecule has 27 heavy (non-hydrogen) atoms. The number of aliphatic imine (C=N–C) groups is 1. The fourth-order valence-corrected chi connectivity index (χ4v) is 2.82. The molecule has 1 aliphatic carbocycles. The molecule has 0 aliphatic heterocycles. The number of rotatable bonds is 11. The number of para-hydroxylation sites is 2. The van der Waals surface area contributed by atoms with Gasteiger partial charge in [-0.05, 0) is 50.7 Å². The Morgan fingerprint density at radius 1 is 1.26 bits per heavy atom. The average Bonchev–Trinajstić information content (AvgIpc) is 3.38. The first-order valence-electron chi connectivity index (χ1n) is 9.88. The van der Waals surface area contributed by atoms with Crippen LogP contribution in [0.4, 0.5) is 0 Å². The molecule has 1 aromatic carbocycles. The molecule has 6 nitrogen and oxygen atoms in total. The summed E-state index contributed by atoms with van der Waals surface area (Å²) >= 11 is 0. The number of aromatic amines is 1. The van der Waals surface area contributed by atoms with Gasteiger partial charge in [0.1, 0.15) is 5.82 Å². The number of guanidine groups is 1. The van der Waals surface area contributed by atoms with Gasteiger partial charge in [-0.25, -0.2) is 4.98 Å². The molecule has 0 atom stereocenters. The summed E-state index contributed by atoms with van der Waals surface area (Å²) in [4.78, 5) is 12.6. The van der Waals surface area contributed by atoms with E-state index in [9.17, 15) is 0 Å². The van der Waals surface area contributed by atoms with Crippen LogP contribution in [-0.4, -0.2) is 48.8 Å². The molecule has 2 aromatic rings. The summed E-state index contributed by atoms with van der Waals surface area (Å²) in [6, 6.07) is 8.14. The Morgan fingerprint density at radius 2 is 2.11 bits per heavy atom. The number of fused-ring (bicyclic) bond motifs is 1. The summed E-state index contributed by atoms with van der Waals surface area (Å²) in [5.74, 6) is 2.76. The van der Waals surface area contributed by atoms with Gasteiger partial charge in [0.15, 0.2) is 5.96 Å². The average molecular weight is 485 g/mol. The van der Waals surface area contributed by atoms with Crippen molar-refractivity contribution >= 4 is 41.0 Å². The van der Waals surface area contributed by atoms with Crippen LogP contribution in [-0.2, 0) is 11.2 Å². The molecule has 1 saturated carbocycles. The monoisotopic (exact) mass is 485 g/mol. The zero-order chi connectivity index (χ0) is 18.0. The molecule has 7 heteroatoms. The summed E-state index contributed by atoms with van der Waals surface area (Å²) in [6.07, 6.45) is 5.59. The Kier molecular flexibility index (Phi) is 9.90. The number of benzene rings is 1. The summed E-state index contributed by atoms with van der Waals surface area (Å²) in [7, 11) is 0. The van der Waals surface area contributed by atoms with E-state index < -0.39 is 0 Å². The smallest absolute Gasteiger partial charge is 0.191 e. The zero-order valence-corrected chi connectivity index (χ0v) is 18.5. The molecule has 1 aromatic heterocycles. The highest BCUT2D eigenvalue weighted by Crippen LogP contribution is 2.28. The van der Waals surface area contributed by atoms with E-state index >= 15 is 0 Å². The third-order valence-corrected chi connectivity index (χ3v) is 4.43. The topological polar surface area (TPSA) is 74.3 Å². The van der Waals surface area contributed by atoms with Crippen LogP contribution in [0.25, 0.3) is 11.0 Å². The fraction of sp³-hybridized carbons (Fsp3) is 0.600. The van der Waals surface area contributed by atoms with Gasteiger partial charge in [0.25, 0.3) is 0 Å². The van der Waals surface area contributed by atoms with Crippen LogP contribution < -0.4 is 10.6 Å². The van der Waals surface area contributed by atoms with Crippen molar-refractivity contribution in [2.24, 2.45) is 10.9 Å². The van der Waals surface area contributed by atoms with Gasteiger partial charge in [-0.3, -0.25) is 4.99 Å². The standard InChI is InChI=1S/C20H31N5O.HI/c1-2-21-20(23-13-6-14-26-15-16-10-11-16)22-12-5-9-19-24-17-7-3-4-8-18(17)25-19;/h3-4,7-8,16H,2,5-6,9-15H2,1H3,(H,24,25)(H2,21,22,23);1H. The van der Waals surface area contributed by atoms with Crippen molar-refractivity contribution in [3.63, 3.8) is 0 Å². The Balaban J connectivity index is 0.00000261. The Hall–Kier alpha value is -1.35. The molecule has 150 valence electrons. The summed E-state index contributed by atoms with van der Waals surface area (Å²) in [6.45, 7) is 6.40. The maximum Gasteiger partial charge on any atom is 0.191 e. The highest BCUT2D eigenvalue weighted by molar-refractivity contribution is 14.0. The molecule has 3 N–H and O–H groups in total. The number of nitrogens with zero attached hydrogens (tertiary/aromatic N) is 2. The summed E-state index contributed by atoms with van der Waals surface area (Å²) in [5, 5.41) is 6.68. The van der Waals surface area contributed by atoms with Crippen LogP contribution in [0.5, 0.6) is 0 Å². The lowest BCUT2D eigenvalue weighted by atomic mass is 10.3. The maximum absolute atomic E-state index is 5.66. The molecule has 1 aliphatic rings. The lowest BCUT2D eigenvalue weighted by Crippen LogP contribution is -2.38. The fourth-order valence-electron chi connectivity index (χ4n) is 2.82. The van der Waals surface area contributed by atoms with E-state index in [2.05, 4.69) is 38.6 Å². The van der Waals surface area contributed by atoms with Gasteiger partial charge >= 0.3 is 0 Å². The molecule has 0 saturated heterocycles. The van der Waals surface area contributed by atoms with Crippen LogP contribution in [0, 0.1) is 5.92 Å². The highest BCUT2D eigenvalue weighted by Gasteiger charge is 2.20. The molecule has 0 amide bonds. The zero-order valence-electron chi connectivity index (χ0n) is 16.2. The van der Waals surface area contributed by atoms with Crippen LogP contribution in [0.1, 0.15) is 38.4 Å². The van der Waals surface area contributed by atoms with E-state index in [0.29, 0.717) is 0 Å². The number of hydrogen-bond acceptors (Lipinski definition) is 3. The van der Waals surface area contributed by atoms with Gasteiger partial charge < -0.3 is 20.4 Å². The number of ether oxygens (including phenoxy) is 1. The minimum Gasteiger partial charge on any atom is -0.381 e. The number of nitrogens with one attached hydrogen (secondary N) is 3. The normalized spacial score (nSPS) is 14.2. The van der Waals surface area contributed by atoms with E-state index in [1.807, 2.05) is 18.2 Å². The molecule has 0 bridgehead atoms. The first kappa shape index (κ1) is 21.9. The largest absolute Gasteiger partial charge is 0.381 e. The van der Waals surface area contributed by atoms with Crippen molar-refractivity contribution in [2.75, 3.05) is 32.8 Å². The van der Waals surface area contributed by atoms with Crippen molar-refractivity contribution < 1.29 is 4.74 Å². The molecule has 0 spiro atoms. The first-order chi connectivity index (χ1) is 12.8. The van der Waals surface area contributed by atoms with Gasteiger partial charge in [0.2, 0.25) is 0 Å². The minimum absolute atomic E-state index is 0. The molecule has 0 unspecified atom stereocenters. The maximum atomic E-state index is 5.66. The van der Waals surface area contributed by atoms with Gasteiger partial charge in [-0.2, -0.15) is 0 Å². The van der Waals surface area contributed by atoms with E-state index in [4.69, 9.17) is 4.74 Å². The number of hydrogen-bond donors (Lipinski definition) is 3. The number of aromatic nitrogens is 2. The molecule has 1 heterocycles. The Bertz CT molecular complexity index is 665. The quantitative estimate of drug-likeness (QED) is 0.197. The van der Waals surface area contributed by atoms with Crippen molar-refractivity contribution in [3.8, 4) is 0 Å². The van der Waals surface area contributed by atoms with Crippen molar-refractivity contribution in [3.05, 3.63) is 30.1 Å². The van der Waals surface area contributed by atoms with E-state index in [1.54, 1.807) is 0 Å². The van der Waals surface area contributed by atoms with E-state index in [1.165, 1.54) is 12.8 Å². The van der Waals surface area contributed by atoms with Crippen molar-refractivity contribution in [1.29, 1.82) is 0 Å². The predicted octanol–water partition coefficient (Wildman–Crippen LogP) is 3.49. The lowest BCUT2D eigenvalue weighted by Gasteiger charge is -2.11. The molecular formula is C20H32IN5O. The van der Waals surface area contributed by atoms with Crippen molar-refractivity contribution in [1.82, 2.24) is 20.6 Å². The second kappa shape index (κ2) is 12.2. The van der Waals surface area contributed by atoms with Gasteiger partial charge in [-0.15, -0.1) is 24.0 Å². The molecule has 3 rings (SSSR count). The Morgan fingerprint density at radius 3 is 2.89 bits per heavy atom. The van der Waals surface area contributed by atoms with Crippen LogP contribution in [0.15, 0.2) is 29.3 Å². The first-order valence-corrected chi connectivity index (χ1v) is 9.88. The van der Waals surface area contributed by atoms with Gasteiger partial charge in [0.05, 0.1) is 11.0 Å². The van der Waals surface area contributed by atoms with Crippen molar-refractivity contribution in [2.45, 2.75) is 39.0 Å². The van der Waals surface area contributed by atoms with E-state index in [-0.39, 0.29) is 24.0 Å². The number of aryl methyl sites for hydroxylation is 1. The molecular weight excluding hydrogens is 453 g/mol. The molecule has 0 radical (unpaired) electrons. The van der Waals surface area contributed by atoms with Crippen LogP contribution >= 0.6 is 24.0 Å². The van der Waals surface area contributed by atoms with Gasteiger partial charge in [-0.1, -0.05) is 12.1 Å². The van der Waals surface area contributed by atoms with E-state index in [0.717, 1.165) is 80.8 Å². The SMILES string of the molecule is CCNC(=NCCCc1nc2ccccc2[nH]1)NCCCOCC1CC1.I. The van der Waals surface area contributed by atoms with Crippen LogP contribution in [0.2, 0.25) is 0 Å². The Labute approximate surface area is 179 Å². The predicted molar refractivity (Wildman–Crippen MR) is 122 cm³/mol. The molecule has 1 fully saturated rings. The lowest BCUT2D eigenvalue weighted by molar-refractivity contribution is 0.123. The minimum atomic E-state index is 0. The highest BCUT2D eigenvalue weighted by atomic mass is 127. The summed E-state index contributed by atoms with van der Waals surface area (Å²) < 4.78 is 5.66. The second-order valence-electron chi connectivity index (χ2n) is 6.86.